The molecule has 0 saturated carbocycles. The Hall–Kier alpha value is -1.77. The summed E-state index contributed by atoms with van der Waals surface area (Å²) in [4.78, 5) is 4.01. The number of hydrogen-bond acceptors (Lipinski definition) is 3. The van der Waals surface area contributed by atoms with Gasteiger partial charge in [-0.1, -0.05) is 12.1 Å². The van der Waals surface area contributed by atoms with Gasteiger partial charge in [-0.05, 0) is 31.0 Å². The largest absolute Gasteiger partial charge is 0.416 e. The number of sulfone groups is 1. The molecule has 136 valence electrons. The monoisotopic (exact) mass is 365 g/mol. The number of guanidine groups is 1. The maximum Gasteiger partial charge on any atom is 0.416 e. The molecule has 1 atom stereocenters. The Bertz CT molecular complexity index is 656. The average Bonchev–Trinajstić information content (AvgIpc) is 2.48. The number of halogens is 3. The van der Waals surface area contributed by atoms with Gasteiger partial charge in [0.1, 0.15) is 9.84 Å². The van der Waals surface area contributed by atoms with Crippen molar-refractivity contribution in [2.24, 2.45) is 4.99 Å². The third-order valence-corrected chi connectivity index (χ3v) is 4.25. The van der Waals surface area contributed by atoms with Gasteiger partial charge >= 0.3 is 6.18 Å². The van der Waals surface area contributed by atoms with Gasteiger partial charge in [-0.25, -0.2) is 8.42 Å². The van der Waals surface area contributed by atoms with E-state index in [1.165, 1.54) is 18.4 Å². The van der Waals surface area contributed by atoms with E-state index in [2.05, 4.69) is 15.6 Å². The summed E-state index contributed by atoms with van der Waals surface area (Å²) in [5.74, 6) is 0.521. The molecule has 0 heterocycles. The number of alkyl halides is 3. The summed E-state index contributed by atoms with van der Waals surface area (Å²) < 4.78 is 59.8. The Morgan fingerprint density at radius 3 is 2.29 bits per heavy atom. The Morgan fingerprint density at radius 2 is 1.83 bits per heavy atom. The van der Waals surface area contributed by atoms with Crippen LogP contribution in [-0.2, 0) is 22.6 Å². The summed E-state index contributed by atoms with van der Waals surface area (Å²) in [6.45, 7) is 2.13. The Morgan fingerprint density at radius 1 is 1.25 bits per heavy atom. The molecule has 24 heavy (non-hydrogen) atoms. The number of hydrogen-bond donors (Lipinski definition) is 2. The maximum atomic E-state index is 12.5. The van der Waals surface area contributed by atoms with Crippen molar-refractivity contribution in [1.82, 2.24) is 10.6 Å². The normalized spacial score (nSPS) is 14.3. The highest BCUT2D eigenvalue weighted by Gasteiger charge is 2.29. The Balaban J connectivity index is 2.52. The summed E-state index contributed by atoms with van der Waals surface area (Å²) in [5.41, 5.74) is -0.0158. The molecule has 0 aliphatic carbocycles. The number of benzene rings is 1. The van der Waals surface area contributed by atoms with Crippen LogP contribution in [0.3, 0.4) is 0 Å². The molecule has 0 aliphatic rings. The smallest absolute Gasteiger partial charge is 0.354 e. The fourth-order valence-electron chi connectivity index (χ4n) is 1.89. The molecule has 0 fully saturated rings. The van der Waals surface area contributed by atoms with Crippen molar-refractivity contribution in [3.8, 4) is 0 Å². The van der Waals surface area contributed by atoms with Crippen LogP contribution in [0.4, 0.5) is 13.2 Å². The molecule has 0 radical (unpaired) electrons. The first kappa shape index (κ1) is 20.3. The lowest BCUT2D eigenvalue weighted by Crippen LogP contribution is -2.42. The minimum Gasteiger partial charge on any atom is -0.354 e. The fourth-order valence-corrected chi connectivity index (χ4v) is 2.67. The first-order chi connectivity index (χ1) is 11.0. The molecular formula is C15H22F3N3O2S. The molecule has 0 bridgehead atoms. The number of nitrogens with one attached hydrogen (secondary N) is 2. The molecule has 1 aromatic rings. The van der Waals surface area contributed by atoms with Crippen molar-refractivity contribution in [2.75, 3.05) is 19.1 Å². The number of aliphatic imine (C=N–C) groups is 1. The molecule has 0 amide bonds. The minimum absolute atomic E-state index is 0.0665. The Labute approximate surface area is 140 Å². The van der Waals surface area contributed by atoms with Gasteiger partial charge in [0.25, 0.3) is 0 Å². The van der Waals surface area contributed by atoms with E-state index in [9.17, 15) is 21.6 Å². The van der Waals surface area contributed by atoms with E-state index in [1.54, 1.807) is 7.05 Å². The summed E-state index contributed by atoms with van der Waals surface area (Å²) in [6.07, 6.45) is -2.74. The standard InChI is InChI=1S/C15H22F3N3O2S/c1-11(8-9-24(3,22)23)21-14(19-2)20-10-12-4-6-13(7-5-12)15(16,17)18/h4-7,11H,8-10H2,1-3H3,(H2,19,20,21). The second-order valence-corrected chi connectivity index (χ2v) is 7.84. The Kier molecular flexibility index (Phi) is 7.07. The van der Waals surface area contributed by atoms with Crippen molar-refractivity contribution in [1.29, 1.82) is 0 Å². The van der Waals surface area contributed by atoms with Gasteiger partial charge in [0, 0.05) is 25.9 Å². The molecular weight excluding hydrogens is 343 g/mol. The molecule has 1 rings (SSSR count). The third kappa shape index (κ3) is 7.67. The van der Waals surface area contributed by atoms with Crippen LogP contribution in [0, 0.1) is 0 Å². The highest BCUT2D eigenvalue weighted by molar-refractivity contribution is 7.90. The zero-order chi connectivity index (χ0) is 18.4. The van der Waals surface area contributed by atoms with Gasteiger partial charge in [-0.3, -0.25) is 4.99 Å². The van der Waals surface area contributed by atoms with Crippen LogP contribution in [0.15, 0.2) is 29.3 Å². The summed E-state index contributed by atoms with van der Waals surface area (Å²) in [5, 5.41) is 6.02. The lowest BCUT2D eigenvalue weighted by atomic mass is 10.1. The summed E-state index contributed by atoms with van der Waals surface area (Å²) >= 11 is 0. The van der Waals surface area contributed by atoms with Crippen molar-refractivity contribution < 1.29 is 21.6 Å². The van der Waals surface area contributed by atoms with Crippen LogP contribution in [0.2, 0.25) is 0 Å². The molecule has 2 N–H and O–H groups in total. The van der Waals surface area contributed by atoms with Gasteiger partial charge in [-0.2, -0.15) is 13.2 Å². The van der Waals surface area contributed by atoms with Gasteiger partial charge in [0.15, 0.2) is 5.96 Å². The van der Waals surface area contributed by atoms with E-state index in [-0.39, 0.29) is 11.8 Å². The zero-order valence-electron chi connectivity index (χ0n) is 13.8. The highest BCUT2D eigenvalue weighted by Crippen LogP contribution is 2.28. The van der Waals surface area contributed by atoms with Crippen LogP contribution in [0.25, 0.3) is 0 Å². The summed E-state index contributed by atoms with van der Waals surface area (Å²) in [6, 6.07) is 4.74. The first-order valence-electron chi connectivity index (χ1n) is 7.32. The molecule has 0 aromatic heterocycles. The van der Waals surface area contributed by atoms with Crippen molar-refractivity contribution in [3.63, 3.8) is 0 Å². The number of rotatable bonds is 6. The molecule has 5 nitrogen and oxygen atoms in total. The van der Waals surface area contributed by atoms with Crippen molar-refractivity contribution >= 4 is 15.8 Å². The predicted molar refractivity (Wildman–Crippen MR) is 88.6 cm³/mol. The average molecular weight is 365 g/mol. The van der Waals surface area contributed by atoms with Gasteiger partial charge in [0.2, 0.25) is 0 Å². The first-order valence-corrected chi connectivity index (χ1v) is 9.38. The molecule has 9 heteroatoms. The second kappa shape index (κ2) is 8.36. The quantitative estimate of drug-likeness (QED) is 0.599. The zero-order valence-corrected chi connectivity index (χ0v) is 14.6. The number of nitrogens with zero attached hydrogens (tertiary/aromatic N) is 1. The molecule has 0 spiro atoms. The second-order valence-electron chi connectivity index (χ2n) is 5.58. The predicted octanol–water partition coefficient (Wildman–Crippen LogP) is 2.19. The van der Waals surface area contributed by atoms with Gasteiger partial charge in [-0.15, -0.1) is 0 Å². The highest BCUT2D eigenvalue weighted by atomic mass is 32.2. The lowest BCUT2D eigenvalue weighted by Gasteiger charge is -2.17. The lowest BCUT2D eigenvalue weighted by molar-refractivity contribution is -0.137. The van der Waals surface area contributed by atoms with E-state index < -0.39 is 21.6 Å². The van der Waals surface area contributed by atoms with E-state index in [0.29, 0.717) is 24.5 Å². The van der Waals surface area contributed by atoms with Crippen molar-refractivity contribution in [3.05, 3.63) is 35.4 Å². The van der Waals surface area contributed by atoms with E-state index in [4.69, 9.17) is 0 Å². The van der Waals surface area contributed by atoms with E-state index in [1.807, 2.05) is 6.92 Å². The SMILES string of the molecule is CN=C(NCc1ccc(C(F)(F)F)cc1)NC(C)CCS(C)(=O)=O. The molecule has 1 unspecified atom stereocenters. The van der Waals surface area contributed by atoms with Gasteiger partial charge in [0.05, 0.1) is 11.3 Å². The fraction of sp³-hybridized carbons (Fsp3) is 0.533. The molecule has 0 aliphatic heterocycles. The minimum atomic E-state index is -4.35. The maximum absolute atomic E-state index is 12.5. The molecule has 0 saturated heterocycles. The van der Waals surface area contributed by atoms with E-state index in [0.717, 1.165) is 12.1 Å². The topological polar surface area (TPSA) is 70.6 Å². The van der Waals surface area contributed by atoms with Crippen LogP contribution in [-0.4, -0.2) is 39.5 Å². The van der Waals surface area contributed by atoms with E-state index >= 15 is 0 Å². The third-order valence-electron chi connectivity index (χ3n) is 3.27. The van der Waals surface area contributed by atoms with Crippen LogP contribution in [0.5, 0.6) is 0 Å². The van der Waals surface area contributed by atoms with Crippen LogP contribution < -0.4 is 10.6 Å². The van der Waals surface area contributed by atoms with Crippen molar-refractivity contribution in [2.45, 2.75) is 32.1 Å². The van der Waals surface area contributed by atoms with Crippen LogP contribution in [0.1, 0.15) is 24.5 Å². The molecule has 1 aromatic carbocycles. The van der Waals surface area contributed by atoms with Gasteiger partial charge < -0.3 is 10.6 Å². The van der Waals surface area contributed by atoms with Crippen LogP contribution >= 0.6 is 0 Å². The summed E-state index contributed by atoms with van der Waals surface area (Å²) in [7, 11) is -1.46.